The van der Waals surface area contributed by atoms with Crippen LogP contribution in [0.15, 0.2) is 12.4 Å². The summed E-state index contributed by atoms with van der Waals surface area (Å²) in [5.41, 5.74) is 0. The van der Waals surface area contributed by atoms with Crippen LogP contribution in [0.25, 0.3) is 0 Å². The molecule has 1 aliphatic rings. The zero-order chi connectivity index (χ0) is 9.97. The number of hydrogen-bond acceptors (Lipinski definition) is 4. The van der Waals surface area contributed by atoms with Crippen LogP contribution >= 0.6 is 0 Å². The molecule has 1 aromatic rings. The van der Waals surface area contributed by atoms with Crippen LogP contribution in [0.4, 0.5) is 4.39 Å². The first-order valence-corrected chi connectivity index (χ1v) is 4.17. The van der Waals surface area contributed by atoms with Crippen LogP contribution in [0.1, 0.15) is 6.42 Å². The van der Waals surface area contributed by atoms with E-state index in [4.69, 9.17) is 4.74 Å². The highest BCUT2D eigenvalue weighted by Crippen LogP contribution is 2.09. The van der Waals surface area contributed by atoms with Crippen molar-refractivity contribution < 1.29 is 13.9 Å². The summed E-state index contributed by atoms with van der Waals surface area (Å²) in [5.74, 6) is -0.717. The third-order valence-electron chi connectivity index (χ3n) is 1.84. The molecule has 2 heterocycles. The Kier molecular flexibility index (Phi) is 2.26. The van der Waals surface area contributed by atoms with E-state index in [1.54, 1.807) is 0 Å². The molecule has 6 heteroatoms. The number of rotatable bonds is 2. The van der Waals surface area contributed by atoms with E-state index in [2.05, 4.69) is 15.3 Å². The monoisotopic (exact) mass is 197 g/mol. The van der Waals surface area contributed by atoms with Crippen molar-refractivity contribution in [3.63, 3.8) is 0 Å². The van der Waals surface area contributed by atoms with Crippen molar-refractivity contribution in [2.75, 3.05) is 6.54 Å². The maximum absolute atomic E-state index is 12.4. The molecule has 2 rings (SSSR count). The van der Waals surface area contributed by atoms with Crippen molar-refractivity contribution in [3.8, 4) is 6.01 Å². The lowest BCUT2D eigenvalue weighted by Gasteiger charge is -2.07. The molecule has 1 aliphatic heterocycles. The van der Waals surface area contributed by atoms with Crippen molar-refractivity contribution in [1.82, 2.24) is 15.3 Å². The fourth-order valence-electron chi connectivity index (χ4n) is 1.17. The van der Waals surface area contributed by atoms with Crippen LogP contribution in [0.5, 0.6) is 6.01 Å². The molecular formula is C8H8FN3O2. The van der Waals surface area contributed by atoms with E-state index in [-0.39, 0.29) is 11.9 Å². The van der Waals surface area contributed by atoms with Crippen molar-refractivity contribution in [2.24, 2.45) is 0 Å². The van der Waals surface area contributed by atoms with Crippen molar-refractivity contribution in [1.29, 1.82) is 0 Å². The van der Waals surface area contributed by atoms with Gasteiger partial charge in [-0.15, -0.1) is 0 Å². The Labute approximate surface area is 79.3 Å². The second kappa shape index (κ2) is 3.57. The maximum atomic E-state index is 12.4. The van der Waals surface area contributed by atoms with E-state index in [9.17, 15) is 9.18 Å². The lowest BCUT2D eigenvalue weighted by atomic mass is 10.3. The largest absolute Gasteiger partial charge is 0.450 e. The Hall–Kier alpha value is -1.72. The topological polar surface area (TPSA) is 64.1 Å². The van der Waals surface area contributed by atoms with Gasteiger partial charge in [-0.25, -0.2) is 14.4 Å². The Morgan fingerprint density at radius 3 is 2.79 bits per heavy atom. The smallest absolute Gasteiger partial charge is 0.317 e. The average molecular weight is 197 g/mol. The molecule has 0 aromatic carbocycles. The summed E-state index contributed by atoms with van der Waals surface area (Å²) in [7, 11) is 0. The average Bonchev–Trinajstić information content (AvgIpc) is 2.56. The van der Waals surface area contributed by atoms with E-state index >= 15 is 0 Å². The molecule has 0 spiro atoms. The number of carbonyl (C=O) groups excluding carboxylic acids is 1. The van der Waals surface area contributed by atoms with Crippen molar-refractivity contribution in [3.05, 3.63) is 18.2 Å². The molecule has 1 atom stereocenters. The van der Waals surface area contributed by atoms with Gasteiger partial charge >= 0.3 is 6.01 Å². The first kappa shape index (κ1) is 8.86. The van der Waals surface area contributed by atoms with Gasteiger partial charge in [-0.3, -0.25) is 4.79 Å². The number of nitrogens with one attached hydrogen (secondary N) is 1. The van der Waals surface area contributed by atoms with Gasteiger partial charge < -0.3 is 10.1 Å². The molecule has 0 radical (unpaired) electrons. The zero-order valence-electron chi connectivity index (χ0n) is 7.24. The SMILES string of the molecule is O=C1NCCC1Oc1ncc(F)cn1. The summed E-state index contributed by atoms with van der Waals surface area (Å²) in [5, 5.41) is 2.61. The Balaban J connectivity index is 2.03. The van der Waals surface area contributed by atoms with Gasteiger partial charge in [0.1, 0.15) is 0 Å². The number of halogens is 1. The molecule has 1 fully saturated rings. The highest BCUT2D eigenvalue weighted by Gasteiger charge is 2.26. The van der Waals surface area contributed by atoms with E-state index in [0.29, 0.717) is 13.0 Å². The van der Waals surface area contributed by atoms with E-state index < -0.39 is 11.9 Å². The van der Waals surface area contributed by atoms with E-state index in [1.807, 2.05) is 0 Å². The lowest BCUT2D eigenvalue weighted by Crippen LogP contribution is -2.28. The number of nitrogens with zero attached hydrogens (tertiary/aromatic N) is 2. The quantitative estimate of drug-likeness (QED) is 0.718. The molecule has 14 heavy (non-hydrogen) atoms. The minimum atomic E-state index is -0.555. The first-order valence-electron chi connectivity index (χ1n) is 4.17. The summed E-state index contributed by atoms with van der Waals surface area (Å²) < 4.78 is 17.6. The normalized spacial score (nSPS) is 20.6. The van der Waals surface area contributed by atoms with Crippen LogP contribution in [0, 0.1) is 5.82 Å². The van der Waals surface area contributed by atoms with Crippen LogP contribution in [-0.4, -0.2) is 28.5 Å². The summed E-state index contributed by atoms with van der Waals surface area (Å²) >= 11 is 0. The van der Waals surface area contributed by atoms with Crippen LogP contribution in [0.2, 0.25) is 0 Å². The zero-order valence-corrected chi connectivity index (χ0v) is 7.24. The summed E-state index contributed by atoms with van der Waals surface area (Å²) in [6.07, 6.45) is 2.02. The molecule has 1 unspecified atom stereocenters. The third kappa shape index (κ3) is 1.78. The molecular weight excluding hydrogens is 189 g/mol. The molecule has 1 aromatic heterocycles. The van der Waals surface area contributed by atoms with Gasteiger partial charge in [0, 0.05) is 13.0 Å². The highest BCUT2D eigenvalue weighted by atomic mass is 19.1. The first-order chi connectivity index (χ1) is 6.75. The lowest BCUT2D eigenvalue weighted by molar-refractivity contribution is -0.125. The molecule has 0 aliphatic carbocycles. The van der Waals surface area contributed by atoms with Crippen molar-refractivity contribution >= 4 is 5.91 Å². The predicted molar refractivity (Wildman–Crippen MR) is 44.0 cm³/mol. The maximum Gasteiger partial charge on any atom is 0.317 e. The van der Waals surface area contributed by atoms with Gasteiger partial charge in [0.15, 0.2) is 11.9 Å². The van der Waals surface area contributed by atoms with Crippen molar-refractivity contribution in [2.45, 2.75) is 12.5 Å². The second-order valence-electron chi connectivity index (χ2n) is 2.87. The Bertz CT molecular complexity index is 341. The molecule has 0 saturated carbocycles. The van der Waals surface area contributed by atoms with E-state index in [1.165, 1.54) is 0 Å². The highest BCUT2D eigenvalue weighted by molar-refractivity contribution is 5.82. The van der Waals surface area contributed by atoms with Crippen LogP contribution in [-0.2, 0) is 4.79 Å². The number of hydrogen-bond donors (Lipinski definition) is 1. The van der Waals surface area contributed by atoms with E-state index in [0.717, 1.165) is 12.4 Å². The Morgan fingerprint density at radius 1 is 1.50 bits per heavy atom. The van der Waals surface area contributed by atoms with Gasteiger partial charge in [-0.1, -0.05) is 0 Å². The predicted octanol–water partition coefficient (Wildman–Crippen LogP) is -0.117. The number of aromatic nitrogens is 2. The number of amides is 1. The molecule has 1 N–H and O–H groups in total. The summed E-state index contributed by atoms with van der Waals surface area (Å²) in [6, 6.07) is 0.0217. The fraction of sp³-hybridized carbons (Fsp3) is 0.375. The third-order valence-corrected chi connectivity index (χ3v) is 1.84. The minimum Gasteiger partial charge on any atom is -0.450 e. The molecule has 0 bridgehead atoms. The van der Waals surface area contributed by atoms with Gasteiger partial charge in [-0.2, -0.15) is 0 Å². The van der Waals surface area contributed by atoms with Crippen LogP contribution in [0.3, 0.4) is 0 Å². The second-order valence-corrected chi connectivity index (χ2v) is 2.87. The number of ether oxygens (including phenoxy) is 1. The van der Waals surface area contributed by atoms with Gasteiger partial charge in [-0.05, 0) is 0 Å². The van der Waals surface area contributed by atoms with Gasteiger partial charge in [0.25, 0.3) is 5.91 Å². The minimum absolute atomic E-state index is 0.0217. The fourth-order valence-corrected chi connectivity index (χ4v) is 1.17. The summed E-state index contributed by atoms with van der Waals surface area (Å²) in [4.78, 5) is 18.3. The molecule has 1 amide bonds. The van der Waals surface area contributed by atoms with Gasteiger partial charge in [0.2, 0.25) is 0 Å². The summed E-state index contributed by atoms with van der Waals surface area (Å²) in [6.45, 7) is 0.588. The molecule has 74 valence electrons. The standard InChI is InChI=1S/C8H8FN3O2/c9-5-3-11-8(12-4-5)14-6-1-2-10-7(6)13/h3-4,6H,1-2H2,(H,10,13). The Morgan fingerprint density at radius 2 is 2.21 bits per heavy atom. The molecule has 1 saturated heterocycles. The van der Waals surface area contributed by atoms with Crippen LogP contribution < -0.4 is 10.1 Å². The number of carbonyl (C=O) groups is 1. The molecule has 5 nitrogen and oxygen atoms in total. The van der Waals surface area contributed by atoms with Gasteiger partial charge in [0.05, 0.1) is 12.4 Å².